The largest absolute Gasteiger partial charge is 0.378 e. The van der Waals surface area contributed by atoms with Crippen LogP contribution in [-0.2, 0) is 6.54 Å². The number of halogens is 1. The van der Waals surface area contributed by atoms with Gasteiger partial charge in [-0.2, -0.15) is 0 Å². The molecule has 3 heteroatoms. The summed E-state index contributed by atoms with van der Waals surface area (Å²) in [7, 11) is 0. The third-order valence-electron chi connectivity index (χ3n) is 3.74. The molecule has 0 aliphatic carbocycles. The van der Waals surface area contributed by atoms with Crippen molar-refractivity contribution in [3.05, 3.63) is 65.0 Å². The van der Waals surface area contributed by atoms with Crippen molar-refractivity contribution in [3.8, 4) is 0 Å². The number of rotatable bonds is 2. The second-order valence-electron chi connectivity index (χ2n) is 5.38. The summed E-state index contributed by atoms with van der Waals surface area (Å²) in [6.07, 6.45) is 0.993. The van der Waals surface area contributed by atoms with Crippen molar-refractivity contribution in [2.45, 2.75) is 25.9 Å². The van der Waals surface area contributed by atoms with Gasteiger partial charge in [-0.05, 0) is 54.8 Å². The Morgan fingerprint density at radius 1 is 1.20 bits per heavy atom. The van der Waals surface area contributed by atoms with E-state index in [1.807, 2.05) is 13.0 Å². The number of hydrogen-bond donors (Lipinski definition) is 2. The highest BCUT2D eigenvalue weighted by molar-refractivity contribution is 5.49. The maximum absolute atomic E-state index is 13.5. The van der Waals surface area contributed by atoms with Gasteiger partial charge in [0.25, 0.3) is 0 Å². The number of nitrogens with one attached hydrogen (secondary N) is 2. The fourth-order valence-corrected chi connectivity index (χ4v) is 2.83. The summed E-state index contributed by atoms with van der Waals surface area (Å²) >= 11 is 0. The van der Waals surface area contributed by atoms with Crippen LogP contribution in [0.4, 0.5) is 10.1 Å². The molecular formula is C17H19FN2. The van der Waals surface area contributed by atoms with Crippen LogP contribution in [0.2, 0.25) is 0 Å². The molecule has 2 aromatic carbocycles. The molecule has 0 radical (unpaired) electrons. The first kappa shape index (κ1) is 13.1. The predicted molar refractivity (Wildman–Crippen MR) is 80.3 cm³/mol. The van der Waals surface area contributed by atoms with E-state index in [9.17, 15) is 4.39 Å². The summed E-state index contributed by atoms with van der Waals surface area (Å²) in [5.41, 5.74) is 4.41. The van der Waals surface area contributed by atoms with E-state index < -0.39 is 0 Å². The zero-order chi connectivity index (χ0) is 13.9. The smallest absolute Gasteiger partial charge is 0.125 e. The summed E-state index contributed by atoms with van der Waals surface area (Å²) in [5, 5.41) is 6.91. The van der Waals surface area contributed by atoms with Gasteiger partial charge in [-0.15, -0.1) is 0 Å². The fourth-order valence-electron chi connectivity index (χ4n) is 2.83. The standard InChI is InChI=1S/C17H19FN2/c1-12-8-14(18)10-15(9-12)20-17-6-7-19-11-13-4-2-3-5-16(13)17/h2-5,8-10,17,19-20H,6-7,11H2,1H3. The lowest BCUT2D eigenvalue weighted by Crippen LogP contribution is -2.15. The van der Waals surface area contributed by atoms with Crippen LogP contribution in [0.5, 0.6) is 0 Å². The van der Waals surface area contributed by atoms with Crippen LogP contribution in [0.15, 0.2) is 42.5 Å². The first-order valence-corrected chi connectivity index (χ1v) is 7.04. The van der Waals surface area contributed by atoms with E-state index in [1.54, 1.807) is 12.1 Å². The van der Waals surface area contributed by atoms with Crippen molar-refractivity contribution < 1.29 is 4.39 Å². The SMILES string of the molecule is Cc1cc(F)cc(NC2CCNCc3ccccc32)c1. The second-order valence-corrected chi connectivity index (χ2v) is 5.38. The van der Waals surface area contributed by atoms with Crippen molar-refractivity contribution in [1.82, 2.24) is 5.32 Å². The van der Waals surface area contributed by atoms with Gasteiger partial charge in [-0.25, -0.2) is 4.39 Å². The molecule has 3 rings (SSSR count). The molecule has 2 N–H and O–H groups in total. The maximum atomic E-state index is 13.5. The third kappa shape index (κ3) is 2.83. The molecule has 1 atom stereocenters. The van der Waals surface area contributed by atoms with Crippen molar-refractivity contribution in [3.63, 3.8) is 0 Å². The monoisotopic (exact) mass is 270 g/mol. The van der Waals surface area contributed by atoms with Gasteiger partial charge >= 0.3 is 0 Å². The lowest BCUT2D eigenvalue weighted by molar-refractivity contribution is 0.622. The summed E-state index contributed by atoms with van der Waals surface area (Å²) < 4.78 is 13.5. The van der Waals surface area contributed by atoms with E-state index in [0.717, 1.165) is 30.8 Å². The molecule has 20 heavy (non-hydrogen) atoms. The van der Waals surface area contributed by atoms with Gasteiger partial charge in [-0.1, -0.05) is 24.3 Å². The molecule has 0 saturated heterocycles. The summed E-state index contributed by atoms with van der Waals surface area (Å²) in [5.74, 6) is -0.187. The van der Waals surface area contributed by atoms with Crippen molar-refractivity contribution in [1.29, 1.82) is 0 Å². The average molecular weight is 270 g/mol. The molecule has 1 aliphatic heterocycles. The Kier molecular flexibility index (Phi) is 3.70. The minimum Gasteiger partial charge on any atom is -0.378 e. The van der Waals surface area contributed by atoms with Crippen LogP contribution < -0.4 is 10.6 Å². The number of benzene rings is 2. The number of fused-ring (bicyclic) bond motifs is 1. The van der Waals surface area contributed by atoms with E-state index >= 15 is 0 Å². The van der Waals surface area contributed by atoms with Crippen LogP contribution in [0.25, 0.3) is 0 Å². The van der Waals surface area contributed by atoms with Crippen LogP contribution >= 0.6 is 0 Å². The van der Waals surface area contributed by atoms with Crippen molar-refractivity contribution in [2.24, 2.45) is 0 Å². The van der Waals surface area contributed by atoms with Gasteiger partial charge in [0.05, 0.1) is 6.04 Å². The predicted octanol–water partition coefficient (Wildman–Crippen LogP) is 3.78. The molecule has 0 aromatic heterocycles. The molecule has 0 spiro atoms. The highest BCUT2D eigenvalue weighted by Crippen LogP contribution is 2.28. The Morgan fingerprint density at radius 2 is 2.05 bits per heavy atom. The molecule has 2 nitrogen and oxygen atoms in total. The summed E-state index contributed by atoms with van der Waals surface area (Å²) in [4.78, 5) is 0. The summed E-state index contributed by atoms with van der Waals surface area (Å²) in [6, 6.07) is 13.8. The molecule has 2 aromatic rings. The molecule has 0 bridgehead atoms. The third-order valence-corrected chi connectivity index (χ3v) is 3.74. The minimum atomic E-state index is -0.187. The first-order valence-electron chi connectivity index (χ1n) is 7.04. The van der Waals surface area contributed by atoms with Gasteiger partial charge in [0.15, 0.2) is 0 Å². The maximum Gasteiger partial charge on any atom is 0.125 e. The van der Waals surface area contributed by atoms with Gasteiger partial charge in [0.1, 0.15) is 5.82 Å². The Balaban J connectivity index is 1.90. The van der Waals surface area contributed by atoms with Gasteiger partial charge in [0.2, 0.25) is 0 Å². The normalized spacial score (nSPS) is 18.2. The summed E-state index contributed by atoms with van der Waals surface area (Å²) in [6.45, 7) is 3.77. The van der Waals surface area contributed by atoms with Crippen molar-refractivity contribution in [2.75, 3.05) is 11.9 Å². The van der Waals surface area contributed by atoms with Crippen molar-refractivity contribution >= 4 is 5.69 Å². The number of hydrogen-bond acceptors (Lipinski definition) is 2. The van der Waals surface area contributed by atoms with Gasteiger partial charge in [-0.3, -0.25) is 0 Å². The quantitative estimate of drug-likeness (QED) is 0.867. The Hall–Kier alpha value is -1.87. The molecular weight excluding hydrogens is 251 g/mol. The number of aryl methyl sites for hydroxylation is 1. The van der Waals surface area contributed by atoms with E-state index in [2.05, 4.69) is 34.9 Å². The highest BCUT2D eigenvalue weighted by Gasteiger charge is 2.17. The first-order chi connectivity index (χ1) is 9.72. The van der Waals surface area contributed by atoms with Crippen LogP contribution in [-0.4, -0.2) is 6.54 Å². The lowest BCUT2D eigenvalue weighted by atomic mass is 9.99. The zero-order valence-electron chi connectivity index (χ0n) is 11.6. The Morgan fingerprint density at radius 3 is 2.90 bits per heavy atom. The Bertz CT molecular complexity index is 589. The highest BCUT2D eigenvalue weighted by atomic mass is 19.1. The van der Waals surface area contributed by atoms with E-state index in [-0.39, 0.29) is 11.9 Å². The van der Waals surface area contributed by atoms with Crippen LogP contribution in [0.3, 0.4) is 0 Å². The molecule has 0 saturated carbocycles. The molecule has 1 unspecified atom stereocenters. The topological polar surface area (TPSA) is 24.1 Å². The van der Waals surface area contributed by atoms with Gasteiger partial charge in [0, 0.05) is 12.2 Å². The van der Waals surface area contributed by atoms with E-state index in [0.29, 0.717) is 0 Å². The lowest BCUT2D eigenvalue weighted by Gasteiger charge is -2.20. The molecule has 1 aliphatic rings. The zero-order valence-corrected chi connectivity index (χ0v) is 11.6. The number of anilines is 1. The molecule has 1 heterocycles. The van der Waals surface area contributed by atoms with E-state index in [1.165, 1.54) is 11.1 Å². The molecule has 0 amide bonds. The minimum absolute atomic E-state index is 0.187. The fraction of sp³-hybridized carbons (Fsp3) is 0.294. The van der Waals surface area contributed by atoms with Crippen LogP contribution in [0.1, 0.15) is 29.2 Å². The van der Waals surface area contributed by atoms with Gasteiger partial charge < -0.3 is 10.6 Å². The molecule has 104 valence electrons. The second kappa shape index (κ2) is 5.63. The van der Waals surface area contributed by atoms with Crippen LogP contribution in [0, 0.1) is 12.7 Å². The molecule has 0 fully saturated rings. The average Bonchev–Trinajstić information content (AvgIpc) is 2.61. The Labute approximate surface area is 119 Å². The van der Waals surface area contributed by atoms with E-state index in [4.69, 9.17) is 0 Å².